The first kappa shape index (κ1) is 14.3. The number of urea groups is 1. The Balaban J connectivity index is 1.57. The van der Waals surface area contributed by atoms with Gasteiger partial charge in [-0.1, -0.05) is 18.2 Å². The van der Waals surface area contributed by atoms with Crippen molar-refractivity contribution in [3.63, 3.8) is 0 Å². The van der Waals surface area contributed by atoms with Crippen LogP contribution in [0.15, 0.2) is 36.3 Å². The number of benzene rings is 1. The van der Waals surface area contributed by atoms with Crippen molar-refractivity contribution in [2.75, 3.05) is 31.5 Å². The molecular formula is C14H19N4O2P. The van der Waals surface area contributed by atoms with Crippen LogP contribution in [0, 0.1) is 6.92 Å². The Kier molecular flexibility index (Phi) is 3.85. The van der Waals surface area contributed by atoms with E-state index < -0.39 is 7.44 Å². The zero-order valence-corrected chi connectivity index (χ0v) is 12.8. The van der Waals surface area contributed by atoms with Gasteiger partial charge in [0.15, 0.2) is 0 Å². The molecule has 0 saturated carbocycles. The van der Waals surface area contributed by atoms with Gasteiger partial charge in [0.1, 0.15) is 0 Å². The van der Waals surface area contributed by atoms with Gasteiger partial charge < -0.3 is 10.6 Å². The molecule has 1 aromatic rings. The van der Waals surface area contributed by atoms with Crippen molar-refractivity contribution in [2.24, 2.45) is 0 Å². The summed E-state index contributed by atoms with van der Waals surface area (Å²) in [5.41, 5.74) is 1.76. The Morgan fingerprint density at radius 1 is 1.19 bits per heavy atom. The van der Waals surface area contributed by atoms with Gasteiger partial charge in [0.25, 0.3) is 0 Å². The van der Waals surface area contributed by atoms with Crippen LogP contribution in [0.4, 0.5) is 10.5 Å². The Morgan fingerprint density at radius 2 is 1.81 bits per heavy atom. The molecule has 0 radical (unpaired) electrons. The third-order valence-corrected chi connectivity index (χ3v) is 6.49. The lowest BCUT2D eigenvalue weighted by molar-refractivity contribution is 0.255. The van der Waals surface area contributed by atoms with Gasteiger partial charge in [-0.05, 0) is 18.6 Å². The van der Waals surface area contributed by atoms with E-state index in [1.165, 1.54) is 6.20 Å². The average molecular weight is 306 g/mol. The van der Waals surface area contributed by atoms with Gasteiger partial charge in [-0.25, -0.2) is 14.1 Å². The SMILES string of the molecule is Cc1ccccc1NC(=O)N/C=C/P(=O)(N1CC1)N1CC1. The van der Waals surface area contributed by atoms with Gasteiger partial charge in [0.05, 0.1) is 0 Å². The van der Waals surface area contributed by atoms with Crippen molar-refractivity contribution in [3.8, 4) is 0 Å². The van der Waals surface area contributed by atoms with E-state index in [0.29, 0.717) is 0 Å². The number of hydrogen-bond donors (Lipinski definition) is 2. The van der Waals surface area contributed by atoms with Crippen molar-refractivity contribution in [3.05, 3.63) is 41.8 Å². The summed E-state index contributed by atoms with van der Waals surface area (Å²) >= 11 is 0. The number of nitrogens with zero attached hydrogens (tertiary/aromatic N) is 2. The molecular weight excluding hydrogens is 287 g/mol. The maximum atomic E-state index is 12.7. The second-order valence-electron chi connectivity index (χ2n) is 5.23. The highest BCUT2D eigenvalue weighted by Crippen LogP contribution is 2.61. The van der Waals surface area contributed by atoms with Crippen LogP contribution < -0.4 is 10.6 Å². The molecule has 0 bridgehead atoms. The molecule has 7 heteroatoms. The summed E-state index contributed by atoms with van der Waals surface area (Å²) < 4.78 is 16.6. The summed E-state index contributed by atoms with van der Waals surface area (Å²) in [7, 11) is -2.55. The zero-order chi connectivity index (χ0) is 14.9. The fourth-order valence-electron chi connectivity index (χ4n) is 2.11. The predicted molar refractivity (Wildman–Crippen MR) is 83.2 cm³/mol. The highest BCUT2D eigenvalue weighted by atomic mass is 31.2. The minimum absolute atomic E-state index is 0.330. The molecule has 0 aromatic heterocycles. The number of carbonyl (C=O) groups is 1. The van der Waals surface area contributed by atoms with E-state index in [0.717, 1.165) is 37.4 Å². The van der Waals surface area contributed by atoms with Crippen LogP contribution >= 0.6 is 7.44 Å². The van der Waals surface area contributed by atoms with Crippen molar-refractivity contribution in [2.45, 2.75) is 6.92 Å². The Bertz CT molecular complexity index is 607. The second-order valence-corrected chi connectivity index (χ2v) is 7.83. The minimum atomic E-state index is -2.55. The molecule has 3 rings (SSSR count). The summed E-state index contributed by atoms with van der Waals surface area (Å²) in [4.78, 5) is 11.8. The van der Waals surface area contributed by atoms with Crippen LogP contribution in [0.2, 0.25) is 0 Å². The van der Waals surface area contributed by atoms with Gasteiger partial charge >= 0.3 is 6.03 Å². The summed E-state index contributed by atoms with van der Waals surface area (Å²) in [5, 5.41) is 5.39. The zero-order valence-electron chi connectivity index (χ0n) is 12.0. The van der Waals surface area contributed by atoms with Crippen LogP contribution in [0.1, 0.15) is 5.56 Å². The summed E-state index contributed by atoms with van der Waals surface area (Å²) in [6.07, 6.45) is 1.49. The number of hydrogen-bond acceptors (Lipinski definition) is 2. The Labute approximate surface area is 124 Å². The van der Waals surface area contributed by atoms with Crippen LogP contribution in [-0.4, -0.2) is 41.6 Å². The number of rotatable bonds is 5. The molecule has 112 valence electrons. The van der Waals surface area contributed by atoms with Crippen LogP contribution in [0.3, 0.4) is 0 Å². The highest BCUT2D eigenvalue weighted by Gasteiger charge is 2.45. The highest BCUT2D eigenvalue weighted by molar-refractivity contribution is 7.62. The van der Waals surface area contributed by atoms with Gasteiger partial charge in [0.2, 0.25) is 7.44 Å². The molecule has 2 amide bonds. The normalized spacial score (nSPS) is 18.7. The van der Waals surface area contributed by atoms with Gasteiger partial charge in [-0.2, -0.15) is 0 Å². The molecule has 2 aliphatic rings. The first-order valence-electron chi connectivity index (χ1n) is 7.01. The topological polar surface area (TPSA) is 64.2 Å². The average Bonchev–Trinajstić information content (AvgIpc) is 3.30. The predicted octanol–water partition coefficient (Wildman–Crippen LogP) is 2.41. The van der Waals surface area contributed by atoms with E-state index in [1.807, 2.05) is 40.5 Å². The molecule has 6 nitrogen and oxygen atoms in total. The van der Waals surface area contributed by atoms with Gasteiger partial charge in [-0.15, -0.1) is 0 Å². The van der Waals surface area contributed by atoms with E-state index in [2.05, 4.69) is 10.6 Å². The number of aryl methyl sites for hydroxylation is 1. The van der Waals surface area contributed by atoms with Crippen molar-refractivity contribution < 1.29 is 9.36 Å². The third kappa shape index (κ3) is 3.35. The molecule has 21 heavy (non-hydrogen) atoms. The van der Waals surface area contributed by atoms with Crippen LogP contribution in [0.5, 0.6) is 0 Å². The standard InChI is InChI=1S/C14H19N4O2P/c1-12-4-2-3-5-13(12)16-14(19)15-6-11-21(20,17-7-8-17)18-9-10-18/h2-6,11H,7-10H2,1H3,(H2,15,16,19)/b11-6+. The smallest absolute Gasteiger partial charge is 0.314 e. The maximum absolute atomic E-state index is 12.7. The van der Waals surface area contributed by atoms with E-state index >= 15 is 0 Å². The lowest BCUT2D eigenvalue weighted by Gasteiger charge is -2.15. The number of amides is 2. The van der Waals surface area contributed by atoms with Crippen molar-refractivity contribution in [1.29, 1.82) is 0 Å². The monoisotopic (exact) mass is 306 g/mol. The van der Waals surface area contributed by atoms with Crippen LogP contribution in [0.25, 0.3) is 0 Å². The molecule has 2 fully saturated rings. The van der Waals surface area contributed by atoms with Crippen LogP contribution in [-0.2, 0) is 4.57 Å². The molecule has 0 unspecified atom stereocenters. The number of para-hydroxylation sites is 1. The molecule has 2 aliphatic heterocycles. The fourth-order valence-corrected chi connectivity index (χ4v) is 4.44. The molecule has 2 N–H and O–H groups in total. The first-order chi connectivity index (χ1) is 10.1. The molecule has 2 saturated heterocycles. The van der Waals surface area contributed by atoms with Crippen molar-refractivity contribution in [1.82, 2.24) is 14.7 Å². The van der Waals surface area contributed by atoms with Gasteiger partial charge in [-0.3, -0.25) is 4.57 Å². The van der Waals surface area contributed by atoms with E-state index in [4.69, 9.17) is 0 Å². The fraction of sp³-hybridized carbons (Fsp3) is 0.357. The van der Waals surface area contributed by atoms with E-state index in [-0.39, 0.29) is 6.03 Å². The lowest BCUT2D eigenvalue weighted by atomic mass is 10.2. The molecule has 1 aromatic carbocycles. The third-order valence-electron chi connectivity index (χ3n) is 3.53. The quantitative estimate of drug-likeness (QED) is 0.648. The first-order valence-corrected chi connectivity index (χ1v) is 8.69. The number of nitrogens with one attached hydrogen (secondary N) is 2. The summed E-state index contributed by atoms with van der Waals surface area (Å²) in [6.45, 7) is 5.41. The Morgan fingerprint density at radius 3 is 2.38 bits per heavy atom. The second kappa shape index (κ2) is 5.64. The number of carbonyl (C=O) groups excluding carboxylic acids is 1. The molecule has 0 aliphatic carbocycles. The molecule has 2 heterocycles. The largest absolute Gasteiger partial charge is 0.323 e. The van der Waals surface area contributed by atoms with E-state index in [9.17, 15) is 9.36 Å². The number of anilines is 1. The lowest BCUT2D eigenvalue weighted by Crippen LogP contribution is -2.24. The molecule has 0 atom stereocenters. The van der Waals surface area contributed by atoms with Gasteiger partial charge in [0, 0.05) is 43.9 Å². The minimum Gasteiger partial charge on any atom is -0.314 e. The van der Waals surface area contributed by atoms with E-state index in [1.54, 1.807) is 5.82 Å². The maximum Gasteiger partial charge on any atom is 0.323 e. The summed E-state index contributed by atoms with van der Waals surface area (Å²) in [6, 6.07) is 7.23. The summed E-state index contributed by atoms with van der Waals surface area (Å²) in [5.74, 6) is 1.63. The van der Waals surface area contributed by atoms with Crippen molar-refractivity contribution >= 4 is 19.2 Å². The Hall–Kier alpha value is -1.62. The molecule has 0 spiro atoms.